The van der Waals surface area contributed by atoms with Crippen molar-refractivity contribution in [1.29, 1.82) is 0 Å². The maximum Gasteiger partial charge on any atom is 0.339 e. The highest BCUT2D eigenvalue weighted by molar-refractivity contribution is 6.33. The molecule has 0 bridgehead atoms. The molecule has 3 rings (SSSR count). The Labute approximate surface area is 120 Å². The van der Waals surface area contributed by atoms with Crippen molar-refractivity contribution < 1.29 is 14.6 Å². The third kappa shape index (κ3) is 2.06. The van der Waals surface area contributed by atoms with Gasteiger partial charge in [0.05, 0.1) is 17.3 Å². The molecule has 0 saturated heterocycles. The summed E-state index contributed by atoms with van der Waals surface area (Å²) in [7, 11) is 0. The van der Waals surface area contributed by atoms with Crippen LogP contribution in [0.5, 0.6) is 5.75 Å². The first-order valence-electron chi connectivity index (χ1n) is 6.05. The van der Waals surface area contributed by atoms with Crippen LogP contribution in [-0.2, 0) is 0 Å². The van der Waals surface area contributed by atoms with Gasteiger partial charge in [-0.2, -0.15) is 0 Å². The van der Waals surface area contributed by atoms with E-state index in [2.05, 4.69) is 4.98 Å². The number of aromatic nitrogens is 1. The van der Waals surface area contributed by atoms with E-state index >= 15 is 0 Å². The number of rotatable bonds is 2. The zero-order valence-electron chi connectivity index (χ0n) is 10.4. The molecule has 2 aromatic rings. The van der Waals surface area contributed by atoms with Crippen molar-refractivity contribution in [1.82, 2.24) is 4.98 Å². The van der Waals surface area contributed by atoms with Gasteiger partial charge in [0, 0.05) is 6.20 Å². The quantitative estimate of drug-likeness (QED) is 0.921. The molecule has 0 fully saturated rings. The van der Waals surface area contributed by atoms with Crippen molar-refractivity contribution in [3.05, 3.63) is 47.1 Å². The van der Waals surface area contributed by atoms with Gasteiger partial charge >= 0.3 is 5.97 Å². The molecular weight excluding hydrogens is 280 g/mol. The second-order valence-electron chi connectivity index (χ2n) is 4.27. The van der Waals surface area contributed by atoms with E-state index in [1.807, 2.05) is 4.90 Å². The maximum atomic E-state index is 11.2. The fourth-order valence-electron chi connectivity index (χ4n) is 2.21. The van der Waals surface area contributed by atoms with E-state index in [4.69, 9.17) is 16.3 Å². The number of para-hydroxylation sites is 1. The number of aromatic carboxylic acids is 1. The number of carboxylic acid groups (broad SMARTS) is 1. The second kappa shape index (κ2) is 5.02. The van der Waals surface area contributed by atoms with Gasteiger partial charge < -0.3 is 14.7 Å². The Morgan fingerprint density at radius 2 is 2.20 bits per heavy atom. The van der Waals surface area contributed by atoms with Crippen LogP contribution in [0.1, 0.15) is 10.4 Å². The molecule has 6 heteroatoms. The summed E-state index contributed by atoms with van der Waals surface area (Å²) in [5.74, 6) is -0.0648. The smallest absolute Gasteiger partial charge is 0.339 e. The zero-order valence-corrected chi connectivity index (χ0v) is 11.2. The highest BCUT2D eigenvalue weighted by Gasteiger charge is 2.26. The highest BCUT2D eigenvalue weighted by atomic mass is 35.5. The maximum absolute atomic E-state index is 11.2. The van der Waals surface area contributed by atoms with Crippen molar-refractivity contribution in [3.8, 4) is 5.75 Å². The predicted molar refractivity (Wildman–Crippen MR) is 75.1 cm³/mol. The first-order chi connectivity index (χ1) is 9.68. The standard InChI is InChI=1S/C14H11ClN2O3/c15-10-4-2-6-16-13(10)17-7-8-20-12-9(14(18)19)3-1-5-11(12)17/h1-6H,7-8H2,(H,18,19). The first kappa shape index (κ1) is 12.7. The third-order valence-electron chi connectivity index (χ3n) is 3.07. The van der Waals surface area contributed by atoms with Crippen molar-refractivity contribution in [2.24, 2.45) is 0 Å². The number of carbonyl (C=O) groups is 1. The molecule has 20 heavy (non-hydrogen) atoms. The largest absolute Gasteiger partial charge is 0.489 e. The Kier molecular flexibility index (Phi) is 3.20. The second-order valence-corrected chi connectivity index (χ2v) is 4.68. The van der Waals surface area contributed by atoms with E-state index in [0.717, 1.165) is 0 Å². The molecule has 1 N–H and O–H groups in total. The summed E-state index contributed by atoms with van der Waals surface area (Å²) in [6, 6.07) is 8.50. The predicted octanol–water partition coefficient (Wildman–Crippen LogP) is 2.96. The van der Waals surface area contributed by atoms with Crippen LogP contribution in [0.2, 0.25) is 5.02 Å². The van der Waals surface area contributed by atoms with E-state index in [1.165, 1.54) is 6.07 Å². The molecule has 0 spiro atoms. The van der Waals surface area contributed by atoms with E-state index in [0.29, 0.717) is 35.4 Å². The number of fused-ring (bicyclic) bond motifs is 1. The van der Waals surface area contributed by atoms with E-state index in [-0.39, 0.29) is 5.56 Å². The number of benzene rings is 1. The third-order valence-corrected chi connectivity index (χ3v) is 3.37. The Bertz CT molecular complexity index is 675. The SMILES string of the molecule is O=C(O)c1cccc2c1OCCN2c1ncccc1Cl. The van der Waals surface area contributed by atoms with Crippen molar-refractivity contribution >= 4 is 29.1 Å². The Morgan fingerprint density at radius 1 is 1.35 bits per heavy atom. The molecule has 1 aromatic heterocycles. The van der Waals surface area contributed by atoms with Gasteiger partial charge in [0.25, 0.3) is 0 Å². The average Bonchev–Trinajstić information content (AvgIpc) is 2.46. The Hall–Kier alpha value is -2.27. The normalized spacial score (nSPS) is 13.6. The molecule has 5 nitrogen and oxygen atoms in total. The van der Waals surface area contributed by atoms with Crippen LogP contribution in [-0.4, -0.2) is 29.2 Å². The number of carboxylic acids is 1. The fraction of sp³-hybridized carbons (Fsp3) is 0.143. The van der Waals surface area contributed by atoms with Gasteiger partial charge in [0.2, 0.25) is 0 Å². The number of hydrogen-bond donors (Lipinski definition) is 1. The molecule has 1 aliphatic rings. The van der Waals surface area contributed by atoms with Gasteiger partial charge in [0.15, 0.2) is 11.6 Å². The average molecular weight is 291 g/mol. The summed E-state index contributed by atoms with van der Waals surface area (Å²) in [5, 5.41) is 9.73. The molecule has 102 valence electrons. The lowest BCUT2D eigenvalue weighted by atomic mass is 10.1. The first-order valence-corrected chi connectivity index (χ1v) is 6.43. The van der Waals surface area contributed by atoms with Crippen LogP contribution in [0.15, 0.2) is 36.5 Å². The number of nitrogens with zero attached hydrogens (tertiary/aromatic N) is 2. The summed E-state index contributed by atoms with van der Waals surface area (Å²) in [5.41, 5.74) is 0.802. The molecule has 0 amide bonds. The minimum atomic E-state index is -1.02. The number of anilines is 2. The Balaban J connectivity index is 2.14. The van der Waals surface area contributed by atoms with Gasteiger partial charge in [-0.1, -0.05) is 17.7 Å². The summed E-state index contributed by atoms with van der Waals surface area (Å²) >= 11 is 6.17. The summed E-state index contributed by atoms with van der Waals surface area (Å²) in [6.45, 7) is 0.941. The molecule has 0 radical (unpaired) electrons. The van der Waals surface area contributed by atoms with E-state index in [1.54, 1.807) is 30.5 Å². The summed E-state index contributed by atoms with van der Waals surface area (Å²) < 4.78 is 5.51. The summed E-state index contributed by atoms with van der Waals surface area (Å²) in [4.78, 5) is 17.4. The minimum absolute atomic E-state index is 0.138. The van der Waals surface area contributed by atoms with Crippen LogP contribution < -0.4 is 9.64 Å². The van der Waals surface area contributed by atoms with Crippen molar-refractivity contribution in [3.63, 3.8) is 0 Å². The monoisotopic (exact) mass is 290 g/mol. The van der Waals surface area contributed by atoms with Crippen LogP contribution >= 0.6 is 11.6 Å². The molecule has 0 unspecified atom stereocenters. The number of pyridine rings is 1. The molecule has 0 aliphatic carbocycles. The van der Waals surface area contributed by atoms with E-state index in [9.17, 15) is 9.90 Å². The molecule has 0 atom stereocenters. The Morgan fingerprint density at radius 3 is 2.95 bits per heavy atom. The molecule has 2 heterocycles. The molecule has 0 saturated carbocycles. The lowest BCUT2D eigenvalue weighted by molar-refractivity contribution is 0.0692. The van der Waals surface area contributed by atoms with Gasteiger partial charge in [-0.15, -0.1) is 0 Å². The minimum Gasteiger partial charge on any atom is -0.489 e. The van der Waals surface area contributed by atoms with Crippen molar-refractivity contribution in [2.75, 3.05) is 18.1 Å². The number of hydrogen-bond acceptors (Lipinski definition) is 4. The lowest BCUT2D eigenvalue weighted by Crippen LogP contribution is -2.30. The van der Waals surface area contributed by atoms with Crippen molar-refractivity contribution in [2.45, 2.75) is 0 Å². The number of halogens is 1. The molecule has 1 aliphatic heterocycles. The van der Waals surface area contributed by atoms with Crippen LogP contribution in [0.25, 0.3) is 0 Å². The fourth-order valence-corrected chi connectivity index (χ4v) is 2.44. The van der Waals surface area contributed by atoms with Gasteiger partial charge in [-0.05, 0) is 24.3 Å². The van der Waals surface area contributed by atoms with Crippen LogP contribution in [0.3, 0.4) is 0 Å². The lowest BCUT2D eigenvalue weighted by Gasteiger charge is -2.31. The highest BCUT2D eigenvalue weighted by Crippen LogP contribution is 2.40. The van der Waals surface area contributed by atoms with Crippen LogP contribution in [0.4, 0.5) is 11.5 Å². The van der Waals surface area contributed by atoms with Gasteiger partial charge in [-0.25, -0.2) is 9.78 Å². The van der Waals surface area contributed by atoms with E-state index < -0.39 is 5.97 Å². The summed E-state index contributed by atoms with van der Waals surface area (Å²) in [6.07, 6.45) is 1.65. The molecular formula is C14H11ClN2O3. The number of ether oxygens (including phenoxy) is 1. The van der Waals surface area contributed by atoms with Crippen LogP contribution in [0, 0.1) is 0 Å². The topological polar surface area (TPSA) is 62.7 Å². The van der Waals surface area contributed by atoms with Gasteiger partial charge in [0.1, 0.15) is 12.2 Å². The van der Waals surface area contributed by atoms with Gasteiger partial charge in [-0.3, -0.25) is 0 Å². The zero-order chi connectivity index (χ0) is 14.1. The molecule has 1 aromatic carbocycles.